The maximum atomic E-state index is 10.6. The topological polar surface area (TPSA) is 37.3 Å². The monoisotopic (exact) mass is 207 g/mol. The van der Waals surface area contributed by atoms with Gasteiger partial charge in [-0.25, -0.2) is 4.21 Å². The van der Waals surface area contributed by atoms with Crippen LogP contribution in [0.25, 0.3) is 0 Å². The summed E-state index contributed by atoms with van der Waals surface area (Å²) in [6, 6.07) is 7.18. The van der Waals surface area contributed by atoms with E-state index in [0.29, 0.717) is 4.90 Å². The molecule has 2 nitrogen and oxygen atoms in total. The first kappa shape index (κ1) is 13.3. The van der Waals surface area contributed by atoms with Crippen LogP contribution in [-0.4, -0.2) is 38.3 Å². The first-order chi connectivity index (χ1) is 5.74. The Morgan fingerprint density at radius 3 is 2.23 bits per heavy atom. The molecule has 0 aliphatic rings. The van der Waals surface area contributed by atoms with E-state index < -0.39 is 11.1 Å². The SMILES string of the molecule is CCCc1ccc(S(=O)O)cc1.[Na]. The van der Waals surface area contributed by atoms with Gasteiger partial charge in [0.1, 0.15) is 0 Å². The molecule has 0 bridgehead atoms. The Morgan fingerprint density at radius 2 is 1.85 bits per heavy atom. The summed E-state index contributed by atoms with van der Waals surface area (Å²) in [5.41, 5.74) is 1.21. The fourth-order valence-electron chi connectivity index (χ4n) is 1.06. The van der Waals surface area contributed by atoms with Crippen molar-refractivity contribution in [2.24, 2.45) is 0 Å². The maximum absolute atomic E-state index is 10.6. The van der Waals surface area contributed by atoms with Crippen LogP contribution in [0.2, 0.25) is 0 Å². The molecule has 67 valence electrons. The second-order valence-corrected chi connectivity index (χ2v) is 3.61. The molecule has 1 radical (unpaired) electrons. The van der Waals surface area contributed by atoms with Crippen molar-refractivity contribution < 1.29 is 8.76 Å². The molecule has 1 unspecified atom stereocenters. The van der Waals surface area contributed by atoms with Crippen LogP contribution in [0, 0.1) is 0 Å². The third-order valence-electron chi connectivity index (χ3n) is 1.66. The molecule has 1 N–H and O–H groups in total. The fourth-order valence-corrected chi connectivity index (χ4v) is 1.43. The van der Waals surface area contributed by atoms with Crippen LogP contribution in [0.15, 0.2) is 29.2 Å². The van der Waals surface area contributed by atoms with Crippen molar-refractivity contribution in [2.45, 2.75) is 24.7 Å². The molecule has 0 aliphatic carbocycles. The Morgan fingerprint density at radius 1 is 1.31 bits per heavy atom. The molecule has 0 aromatic heterocycles. The first-order valence-corrected chi connectivity index (χ1v) is 5.04. The second kappa shape index (κ2) is 6.74. The van der Waals surface area contributed by atoms with Crippen molar-refractivity contribution in [3.05, 3.63) is 29.8 Å². The standard InChI is InChI=1S/C9H12O2S.Na/c1-2-3-8-4-6-9(7-5-8)12(10)11;/h4-7H,2-3H2,1H3,(H,10,11);. The number of benzene rings is 1. The maximum Gasteiger partial charge on any atom is 0.186 e. The molecule has 1 aromatic rings. The molecular formula is C9H12NaO2S. The zero-order chi connectivity index (χ0) is 8.97. The van der Waals surface area contributed by atoms with Crippen molar-refractivity contribution in [1.82, 2.24) is 0 Å². The Bertz CT molecular complexity index is 271. The van der Waals surface area contributed by atoms with E-state index in [1.54, 1.807) is 12.1 Å². The van der Waals surface area contributed by atoms with Crippen LogP contribution in [0.5, 0.6) is 0 Å². The molecule has 1 atom stereocenters. The minimum absolute atomic E-state index is 0. The van der Waals surface area contributed by atoms with Gasteiger partial charge >= 0.3 is 0 Å². The van der Waals surface area contributed by atoms with Gasteiger partial charge in [0.15, 0.2) is 11.1 Å². The van der Waals surface area contributed by atoms with Crippen LogP contribution < -0.4 is 0 Å². The first-order valence-electron chi connectivity index (χ1n) is 3.94. The predicted octanol–water partition coefficient (Wildman–Crippen LogP) is 1.84. The molecule has 0 spiro atoms. The third kappa shape index (κ3) is 4.38. The molecule has 4 heteroatoms. The molecule has 0 saturated heterocycles. The summed E-state index contributed by atoms with van der Waals surface area (Å²) in [4.78, 5) is 0.467. The molecule has 0 saturated carbocycles. The summed E-state index contributed by atoms with van der Waals surface area (Å²) in [5.74, 6) is 0. The van der Waals surface area contributed by atoms with Gasteiger partial charge in [-0.3, -0.25) is 0 Å². The van der Waals surface area contributed by atoms with Gasteiger partial charge in [-0.15, -0.1) is 0 Å². The molecule has 1 aromatic carbocycles. The van der Waals surface area contributed by atoms with Gasteiger partial charge in [0.25, 0.3) is 0 Å². The van der Waals surface area contributed by atoms with Crippen molar-refractivity contribution in [3.63, 3.8) is 0 Å². The van der Waals surface area contributed by atoms with Gasteiger partial charge in [0.05, 0.1) is 4.90 Å². The van der Waals surface area contributed by atoms with E-state index in [-0.39, 0.29) is 29.6 Å². The Balaban J connectivity index is 0.00000144. The molecule has 0 heterocycles. The van der Waals surface area contributed by atoms with Crippen LogP contribution in [-0.2, 0) is 17.5 Å². The Labute approximate surface area is 103 Å². The van der Waals surface area contributed by atoms with Crippen molar-refractivity contribution >= 4 is 40.6 Å². The van der Waals surface area contributed by atoms with Crippen LogP contribution in [0.1, 0.15) is 18.9 Å². The zero-order valence-corrected chi connectivity index (χ0v) is 10.8. The van der Waals surface area contributed by atoms with Crippen molar-refractivity contribution in [1.29, 1.82) is 0 Å². The van der Waals surface area contributed by atoms with Gasteiger partial charge in [-0.05, 0) is 24.1 Å². The van der Waals surface area contributed by atoms with E-state index in [0.717, 1.165) is 12.8 Å². The zero-order valence-electron chi connectivity index (χ0n) is 7.99. The van der Waals surface area contributed by atoms with Gasteiger partial charge in [-0.1, -0.05) is 25.5 Å². The average Bonchev–Trinajstić information content (AvgIpc) is 2.06. The Kier molecular flexibility index (Phi) is 6.91. The van der Waals surface area contributed by atoms with E-state index in [9.17, 15) is 4.21 Å². The summed E-state index contributed by atoms with van der Waals surface area (Å²) >= 11 is -1.84. The van der Waals surface area contributed by atoms with E-state index in [1.165, 1.54) is 5.56 Å². The van der Waals surface area contributed by atoms with E-state index in [4.69, 9.17) is 4.55 Å². The largest absolute Gasteiger partial charge is 0.302 e. The minimum Gasteiger partial charge on any atom is -0.302 e. The minimum atomic E-state index is -1.84. The summed E-state index contributed by atoms with van der Waals surface area (Å²) in [6.07, 6.45) is 2.12. The van der Waals surface area contributed by atoms with Crippen molar-refractivity contribution in [3.8, 4) is 0 Å². The summed E-state index contributed by atoms with van der Waals surface area (Å²) < 4.78 is 19.3. The van der Waals surface area contributed by atoms with Crippen LogP contribution >= 0.6 is 0 Å². The molecular weight excluding hydrogens is 195 g/mol. The molecule has 0 aliphatic heterocycles. The molecule has 0 amide bonds. The number of aryl methyl sites for hydroxylation is 1. The summed E-state index contributed by atoms with van der Waals surface area (Å²) in [6.45, 7) is 2.11. The third-order valence-corrected chi connectivity index (χ3v) is 2.34. The molecule has 13 heavy (non-hydrogen) atoms. The van der Waals surface area contributed by atoms with E-state index in [2.05, 4.69) is 6.92 Å². The second-order valence-electron chi connectivity index (χ2n) is 2.64. The quantitative estimate of drug-likeness (QED) is 0.606. The summed E-state index contributed by atoms with van der Waals surface area (Å²) in [7, 11) is 0. The van der Waals surface area contributed by atoms with Crippen molar-refractivity contribution in [2.75, 3.05) is 0 Å². The normalized spacial score (nSPS) is 11.8. The molecule has 1 rings (SSSR count). The van der Waals surface area contributed by atoms with Gasteiger partial charge in [0, 0.05) is 29.6 Å². The number of hydrogen-bond donors (Lipinski definition) is 1. The smallest absolute Gasteiger partial charge is 0.186 e. The van der Waals surface area contributed by atoms with Gasteiger partial charge in [-0.2, -0.15) is 0 Å². The van der Waals surface area contributed by atoms with E-state index in [1.807, 2.05) is 12.1 Å². The van der Waals surface area contributed by atoms with Crippen LogP contribution in [0.4, 0.5) is 0 Å². The van der Waals surface area contributed by atoms with Gasteiger partial charge in [0.2, 0.25) is 0 Å². The predicted molar refractivity (Wildman–Crippen MR) is 55.2 cm³/mol. The molecule has 0 fully saturated rings. The number of hydrogen-bond acceptors (Lipinski definition) is 1. The Hall–Kier alpha value is 0.330. The fraction of sp³-hybridized carbons (Fsp3) is 0.333. The summed E-state index contributed by atoms with van der Waals surface area (Å²) in [5, 5.41) is 0. The average molecular weight is 207 g/mol. The van der Waals surface area contributed by atoms with Gasteiger partial charge < -0.3 is 4.55 Å². The van der Waals surface area contributed by atoms with Crippen LogP contribution in [0.3, 0.4) is 0 Å². The number of rotatable bonds is 3. The van der Waals surface area contributed by atoms with E-state index >= 15 is 0 Å².